The van der Waals surface area contributed by atoms with E-state index in [-0.39, 0.29) is 0 Å². The van der Waals surface area contributed by atoms with Gasteiger partial charge in [-0.05, 0) is 51.0 Å². The molecule has 1 N–H and O–H groups in total. The number of likely N-dealkylation sites (tertiary alicyclic amines) is 1. The molecule has 2 unspecified atom stereocenters. The summed E-state index contributed by atoms with van der Waals surface area (Å²) in [4.78, 5) is 2.52. The lowest BCUT2D eigenvalue weighted by molar-refractivity contribution is 0.0499. The van der Waals surface area contributed by atoms with Gasteiger partial charge >= 0.3 is 0 Å². The van der Waals surface area contributed by atoms with Crippen LogP contribution in [0, 0.1) is 17.8 Å². The molecule has 0 aromatic heterocycles. The van der Waals surface area contributed by atoms with E-state index in [1.807, 2.05) is 0 Å². The molecule has 15 heavy (non-hydrogen) atoms. The molecule has 2 nitrogen and oxygen atoms in total. The lowest BCUT2D eigenvalue weighted by Gasteiger charge is -2.40. The molecule has 1 heterocycles. The fourth-order valence-corrected chi connectivity index (χ4v) is 2.88. The van der Waals surface area contributed by atoms with Gasteiger partial charge in [-0.3, -0.25) is 0 Å². The maximum atomic E-state index is 9.47. The lowest BCUT2D eigenvalue weighted by atomic mass is 9.82. The first-order valence-electron chi connectivity index (χ1n) is 6.55. The van der Waals surface area contributed by atoms with Gasteiger partial charge in [-0.2, -0.15) is 0 Å². The Morgan fingerprint density at radius 2 is 1.93 bits per heavy atom. The molecule has 1 saturated carbocycles. The Morgan fingerprint density at radius 3 is 2.47 bits per heavy atom. The third-order valence-corrected chi connectivity index (χ3v) is 4.22. The fourth-order valence-electron chi connectivity index (χ4n) is 2.88. The van der Waals surface area contributed by atoms with Crippen molar-refractivity contribution in [1.29, 1.82) is 0 Å². The molecule has 2 aliphatic rings. The molecule has 0 amide bonds. The molecule has 2 heteroatoms. The van der Waals surface area contributed by atoms with Gasteiger partial charge in [-0.15, -0.1) is 0 Å². The van der Waals surface area contributed by atoms with Crippen LogP contribution in [0.4, 0.5) is 0 Å². The van der Waals surface area contributed by atoms with Crippen LogP contribution in [-0.4, -0.2) is 35.7 Å². The van der Waals surface area contributed by atoms with Crippen molar-refractivity contribution in [1.82, 2.24) is 4.90 Å². The van der Waals surface area contributed by atoms with Crippen LogP contribution < -0.4 is 0 Å². The van der Waals surface area contributed by atoms with Crippen molar-refractivity contribution < 1.29 is 5.11 Å². The highest BCUT2D eigenvalue weighted by molar-refractivity contribution is 4.86. The van der Waals surface area contributed by atoms with E-state index in [2.05, 4.69) is 18.7 Å². The van der Waals surface area contributed by atoms with E-state index in [0.29, 0.717) is 18.6 Å². The van der Waals surface area contributed by atoms with Gasteiger partial charge in [0.15, 0.2) is 0 Å². The van der Waals surface area contributed by atoms with Crippen molar-refractivity contribution in [2.75, 3.05) is 19.7 Å². The van der Waals surface area contributed by atoms with E-state index < -0.39 is 0 Å². The molecule has 0 aromatic rings. The highest BCUT2D eigenvalue weighted by atomic mass is 16.3. The van der Waals surface area contributed by atoms with Crippen LogP contribution in [0.3, 0.4) is 0 Å². The molecule has 0 radical (unpaired) electrons. The summed E-state index contributed by atoms with van der Waals surface area (Å²) in [5, 5.41) is 9.47. The van der Waals surface area contributed by atoms with E-state index in [4.69, 9.17) is 0 Å². The average molecular weight is 211 g/mol. The number of rotatable bonds is 4. The Bertz CT molecular complexity index is 201. The Morgan fingerprint density at radius 1 is 1.20 bits per heavy atom. The normalized spacial score (nSPS) is 33.6. The molecule has 0 spiro atoms. The van der Waals surface area contributed by atoms with Crippen LogP contribution in [0.2, 0.25) is 0 Å². The first-order valence-corrected chi connectivity index (χ1v) is 6.55. The number of hydrogen-bond acceptors (Lipinski definition) is 2. The smallest absolute Gasteiger partial charge is 0.0474 e. The van der Waals surface area contributed by atoms with Gasteiger partial charge in [0.1, 0.15) is 0 Å². The van der Waals surface area contributed by atoms with Crippen molar-refractivity contribution in [3.63, 3.8) is 0 Å². The number of nitrogens with zero attached hydrogens (tertiary/aromatic N) is 1. The monoisotopic (exact) mass is 211 g/mol. The highest BCUT2D eigenvalue weighted by Crippen LogP contribution is 2.40. The minimum absolute atomic E-state index is 0.389. The summed E-state index contributed by atoms with van der Waals surface area (Å²) < 4.78 is 0. The molecule has 0 bridgehead atoms. The average Bonchev–Trinajstić information content (AvgIpc) is 3.02. The summed E-state index contributed by atoms with van der Waals surface area (Å²) in [7, 11) is 0. The van der Waals surface area contributed by atoms with Gasteiger partial charge in [0.25, 0.3) is 0 Å². The van der Waals surface area contributed by atoms with E-state index >= 15 is 0 Å². The zero-order valence-electron chi connectivity index (χ0n) is 10.2. The van der Waals surface area contributed by atoms with Gasteiger partial charge in [0.2, 0.25) is 0 Å². The van der Waals surface area contributed by atoms with Crippen LogP contribution in [-0.2, 0) is 0 Å². The second-order valence-electron chi connectivity index (χ2n) is 5.76. The molecular formula is C13H25NO. The second kappa shape index (κ2) is 4.84. The Hall–Kier alpha value is -0.0800. The third-order valence-electron chi connectivity index (χ3n) is 4.22. The molecule has 2 atom stereocenters. The topological polar surface area (TPSA) is 23.5 Å². The molecule has 0 aromatic carbocycles. The summed E-state index contributed by atoms with van der Waals surface area (Å²) in [5.41, 5.74) is 0. The molecule has 2 fully saturated rings. The fraction of sp³-hybridized carbons (Fsp3) is 1.00. The Balaban J connectivity index is 1.85. The largest absolute Gasteiger partial charge is 0.396 e. The number of piperidine rings is 1. The quantitative estimate of drug-likeness (QED) is 0.770. The van der Waals surface area contributed by atoms with E-state index in [0.717, 1.165) is 18.4 Å². The van der Waals surface area contributed by atoms with E-state index in [1.165, 1.54) is 32.2 Å². The van der Waals surface area contributed by atoms with E-state index in [1.54, 1.807) is 0 Å². The van der Waals surface area contributed by atoms with Crippen molar-refractivity contribution >= 4 is 0 Å². The number of aliphatic hydroxyl groups excluding tert-OH is 1. The van der Waals surface area contributed by atoms with Gasteiger partial charge < -0.3 is 10.0 Å². The summed E-state index contributed by atoms with van der Waals surface area (Å²) in [6, 6.07) is 0.640. The number of hydrogen-bond donors (Lipinski definition) is 1. The van der Waals surface area contributed by atoms with Crippen molar-refractivity contribution in [2.45, 2.75) is 45.6 Å². The van der Waals surface area contributed by atoms with Gasteiger partial charge in [-0.1, -0.05) is 12.8 Å². The van der Waals surface area contributed by atoms with Crippen molar-refractivity contribution in [3.05, 3.63) is 0 Å². The van der Waals surface area contributed by atoms with Crippen molar-refractivity contribution in [3.8, 4) is 0 Å². The molecular weight excluding hydrogens is 186 g/mol. The number of aliphatic hydroxyl groups is 1. The van der Waals surface area contributed by atoms with Crippen LogP contribution in [0.5, 0.6) is 0 Å². The van der Waals surface area contributed by atoms with Crippen molar-refractivity contribution in [2.24, 2.45) is 17.8 Å². The summed E-state index contributed by atoms with van der Waals surface area (Å²) >= 11 is 0. The Labute approximate surface area is 93.7 Å². The van der Waals surface area contributed by atoms with Gasteiger partial charge in [0, 0.05) is 19.2 Å². The Kier molecular flexibility index (Phi) is 3.68. The zero-order chi connectivity index (χ0) is 10.8. The van der Waals surface area contributed by atoms with Gasteiger partial charge in [0.05, 0.1) is 0 Å². The maximum Gasteiger partial charge on any atom is 0.0474 e. The van der Waals surface area contributed by atoms with Crippen LogP contribution in [0.1, 0.15) is 39.5 Å². The third kappa shape index (κ3) is 2.94. The minimum Gasteiger partial charge on any atom is -0.396 e. The molecule has 1 aliphatic carbocycles. The van der Waals surface area contributed by atoms with Crippen LogP contribution >= 0.6 is 0 Å². The first kappa shape index (κ1) is 11.4. The summed E-state index contributed by atoms with van der Waals surface area (Å²) in [6.45, 7) is 7.27. The second-order valence-corrected chi connectivity index (χ2v) is 5.76. The molecule has 1 aliphatic heterocycles. The minimum atomic E-state index is 0.389. The molecule has 2 rings (SSSR count). The lowest BCUT2D eigenvalue weighted by Crippen LogP contribution is -2.45. The van der Waals surface area contributed by atoms with Crippen LogP contribution in [0.15, 0.2) is 0 Å². The summed E-state index contributed by atoms with van der Waals surface area (Å²) in [5.74, 6) is 2.36. The zero-order valence-corrected chi connectivity index (χ0v) is 10.2. The predicted molar refractivity (Wildman–Crippen MR) is 62.7 cm³/mol. The predicted octanol–water partition coefficient (Wildman–Crippen LogP) is 2.13. The standard InChI is InChI=1S/C13H25NO/c1-10(2)14-6-5-12(7-11-3-4-11)13(8-14)9-15/h10-13,15H,3-9H2,1-2H3. The van der Waals surface area contributed by atoms with Crippen LogP contribution in [0.25, 0.3) is 0 Å². The highest BCUT2D eigenvalue weighted by Gasteiger charge is 2.34. The summed E-state index contributed by atoms with van der Waals surface area (Å²) in [6.07, 6.45) is 5.59. The maximum absolute atomic E-state index is 9.47. The molecule has 1 saturated heterocycles. The first-order chi connectivity index (χ1) is 7.20. The van der Waals surface area contributed by atoms with Gasteiger partial charge in [-0.25, -0.2) is 0 Å². The van der Waals surface area contributed by atoms with E-state index in [9.17, 15) is 5.11 Å². The molecule has 88 valence electrons. The SMILES string of the molecule is CC(C)N1CCC(CC2CC2)C(CO)C1.